The van der Waals surface area contributed by atoms with E-state index in [-0.39, 0.29) is 6.29 Å². The summed E-state index contributed by atoms with van der Waals surface area (Å²) in [4.78, 5) is 0. The highest BCUT2D eigenvalue weighted by atomic mass is 16.9. The third-order valence-electron chi connectivity index (χ3n) is 2.80. The van der Waals surface area contributed by atoms with Gasteiger partial charge in [0.25, 0.3) is 0 Å². The summed E-state index contributed by atoms with van der Waals surface area (Å²) in [6.45, 7) is 8.24. The first-order valence-corrected chi connectivity index (χ1v) is 5.44. The molecule has 0 amide bonds. The smallest absolute Gasteiger partial charge is 0.197 e. The summed E-state index contributed by atoms with van der Waals surface area (Å²) in [5.74, 6) is -0.133. The molecule has 1 fully saturated rings. The summed E-state index contributed by atoms with van der Waals surface area (Å²) in [7, 11) is 0. The lowest BCUT2D eigenvalue weighted by Crippen LogP contribution is -2.51. The Kier molecular flexibility index (Phi) is 2.57. The number of hydrogen-bond acceptors (Lipinski definition) is 2. The van der Waals surface area contributed by atoms with Crippen molar-refractivity contribution in [3.05, 3.63) is 35.4 Å². The summed E-state index contributed by atoms with van der Waals surface area (Å²) in [5, 5.41) is 0. The quantitative estimate of drug-likeness (QED) is 0.739. The number of rotatable bonds is 2. The third-order valence-corrected chi connectivity index (χ3v) is 2.80. The molecule has 1 heterocycles. The van der Waals surface area contributed by atoms with Crippen LogP contribution in [0.25, 0.3) is 0 Å². The average Bonchev–Trinajstić information content (AvgIpc) is 2.13. The van der Waals surface area contributed by atoms with Gasteiger partial charge in [0.05, 0.1) is 0 Å². The Morgan fingerprint density at radius 3 is 2.13 bits per heavy atom. The van der Waals surface area contributed by atoms with Crippen LogP contribution < -0.4 is 0 Å². The van der Waals surface area contributed by atoms with Gasteiger partial charge in [-0.05, 0) is 13.8 Å². The molecule has 0 N–H and O–H groups in total. The maximum absolute atomic E-state index is 5.79. The Balaban J connectivity index is 2.10. The predicted octanol–water partition coefficient (Wildman–Crippen LogP) is 3.20. The molecule has 0 spiro atoms. The Bertz CT molecular complexity index is 334. The Labute approximate surface area is 91.2 Å². The van der Waals surface area contributed by atoms with Crippen LogP contribution in [0.2, 0.25) is 0 Å². The summed E-state index contributed by atoms with van der Waals surface area (Å²) >= 11 is 0. The van der Waals surface area contributed by atoms with Crippen LogP contribution in [0.5, 0.6) is 0 Å². The first-order valence-electron chi connectivity index (χ1n) is 5.44. The standard InChI is InChI=1S/C13H18O2/c1-9(2)12-14-13(4,15-12)11-7-5-10(3)6-8-11/h5-9,12H,1-4H3. The molecule has 1 aromatic carbocycles. The van der Waals surface area contributed by atoms with Crippen molar-refractivity contribution in [1.82, 2.24) is 0 Å². The van der Waals surface area contributed by atoms with Gasteiger partial charge in [-0.15, -0.1) is 0 Å². The number of hydrogen-bond donors (Lipinski definition) is 0. The zero-order valence-corrected chi connectivity index (χ0v) is 9.78. The zero-order chi connectivity index (χ0) is 11.1. The fourth-order valence-electron chi connectivity index (χ4n) is 1.72. The second kappa shape index (κ2) is 3.62. The first-order chi connectivity index (χ1) is 7.01. The van der Waals surface area contributed by atoms with Crippen LogP contribution in [0, 0.1) is 12.8 Å². The summed E-state index contributed by atoms with van der Waals surface area (Å²) in [6.07, 6.45) is -0.0590. The largest absolute Gasteiger partial charge is 0.317 e. The molecule has 1 aliphatic rings. The molecule has 1 aromatic rings. The van der Waals surface area contributed by atoms with E-state index in [1.165, 1.54) is 5.56 Å². The third kappa shape index (κ3) is 1.92. The van der Waals surface area contributed by atoms with Gasteiger partial charge in [-0.3, -0.25) is 0 Å². The van der Waals surface area contributed by atoms with E-state index in [1.54, 1.807) is 0 Å². The van der Waals surface area contributed by atoms with E-state index in [4.69, 9.17) is 9.47 Å². The number of benzene rings is 1. The molecule has 15 heavy (non-hydrogen) atoms. The van der Waals surface area contributed by atoms with Crippen LogP contribution in [-0.4, -0.2) is 6.29 Å². The maximum atomic E-state index is 5.79. The minimum Gasteiger partial charge on any atom is -0.317 e. The van der Waals surface area contributed by atoms with E-state index < -0.39 is 5.79 Å². The van der Waals surface area contributed by atoms with E-state index in [0.717, 1.165) is 5.56 Å². The van der Waals surface area contributed by atoms with Gasteiger partial charge >= 0.3 is 0 Å². The highest BCUT2D eigenvalue weighted by Gasteiger charge is 2.45. The normalized spacial score (nSPS) is 30.3. The van der Waals surface area contributed by atoms with Crippen LogP contribution in [0.4, 0.5) is 0 Å². The van der Waals surface area contributed by atoms with Gasteiger partial charge in [-0.25, -0.2) is 0 Å². The van der Waals surface area contributed by atoms with Gasteiger partial charge in [0, 0.05) is 11.5 Å². The monoisotopic (exact) mass is 206 g/mol. The van der Waals surface area contributed by atoms with Gasteiger partial charge in [-0.2, -0.15) is 0 Å². The summed E-state index contributed by atoms with van der Waals surface area (Å²) in [6, 6.07) is 8.28. The van der Waals surface area contributed by atoms with Crippen molar-refractivity contribution in [3.8, 4) is 0 Å². The van der Waals surface area contributed by atoms with Crippen LogP contribution in [-0.2, 0) is 15.3 Å². The van der Waals surface area contributed by atoms with Gasteiger partial charge in [0.15, 0.2) is 12.1 Å². The Morgan fingerprint density at radius 1 is 1.13 bits per heavy atom. The van der Waals surface area contributed by atoms with Crippen LogP contribution in [0.3, 0.4) is 0 Å². The van der Waals surface area contributed by atoms with E-state index in [1.807, 2.05) is 6.92 Å². The fourth-order valence-corrected chi connectivity index (χ4v) is 1.72. The van der Waals surface area contributed by atoms with Crippen LogP contribution in [0.15, 0.2) is 24.3 Å². The van der Waals surface area contributed by atoms with Gasteiger partial charge in [0.1, 0.15) is 0 Å². The molecule has 0 unspecified atom stereocenters. The van der Waals surface area contributed by atoms with Crippen molar-refractivity contribution in [2.24, 2.45) is 5.92 Å². The molecule has 2 rings (SSSR count). The molecule has 1 saturated heterocycles. The molecule has 2 heteroatoms. The molecule has 1 aliphatic heterocycles. The van der Waals surface area contributed by atoms with Crippen LogP contribution >= 0.6 is 0 Å². The molecule has 0 radical (unpaired) electrons. The molecule has 0 atom stereocenters. The SMILES string of the molecule is Cc1ccc(C2(C)OC(C(C)C)O2)cc1. The molecule has 82 valence electrons. The molecular formula is C13H18O2. The van der Waals surface area contributed by atoms with Gasteiger partial charge in [-0.1, -0.05) is 43.7 Å². The van der Waals surface area contributed by atoms with Crippen LogP contribution in [0.1, 0.15) is 31.9 Å². The van der Waals surface area contributed by atoms with Crippen molar-refractivity contribution < 1.29 is 9.47 Å². The molecule has 0 saturated carbocycles. The lowest BCUT2D eigenvalue weighted by atomic mass is 10.0. The van der Waals surface area contributed by atoms with E-state index >= 15 is 0 Å². The predicted molar refractivity (Wildman–Crippen MR) is 59.3 cm³/mol. The Morgan fingerprint density at radius 2 is 1.67 bits per heavy atom. The molecular weight excluding hydrogens is 188 g/mol. The Hall–Kier alpha value is -0.860. The minimum atomic E-state index is -0.539. The average molecular weight is 206 g/mol. The van der Waals surface area contributed by atoms with Crippen molar-refractivity contribution in [2.45, 2.75) is 39.8 Å². The number of aryl methyl sites for hydroxylation is 1. The summed E-state index contributed by atoms with van der Waals surface area (Å²) in [5.41, 5.74) is 2.34. The highest BCUT2D eigenvalue weighted by Crippen LogP contribution is 2.40. The number of ether oxygens (including phenoxy) is 2. The zero-order valence-electron chi connectivity index (χ0n) is 9.78. The topological polar surface area (TPSA) is 18.5 Å². The highest BCUT2D eigenvalue weighted by molar-refractivity contribution is 5.25. The van der Waals surface area contributed by atoms with Gasteiger partial charge in [0.2, 0.25) is 0 Å². The van der Waals surface area contributed by atoms with E-state index in [2.05, 4.69) is 45.0 Å². The van der Waals surface area contributed by atoms with Crippen molar-refractivity contribution in [3.63, 3.8) is 0 Å². The second-order valence-electron chi connectivity index (χ2n) is 4.66. The minimum absolute atomic E-state index is 0.0590. The second-order valence-corrected chi connectivity index (χ2v) is 4.66. The van der Waals surface area contributed by atoms with E-state index in [9.17, 15) is 0 Å². The lowest BCUT2D eigenvalue weighted by Gasteiger charge is -2.47. The van der Waals surface area contributed by atoms with Crippen molar-refractivity contribution in [2.75, 3.05) is 0 Å². The molecule has 0 bridgehead atoms. The van der Waals surface area contributed by atoms with E-state index in [0.29, 0.717) is 5.92 Å². The van der Waals surface area contributed by atoms with Crippen molar-refractivity contribution >= 4 is 0 Å². The van der Waals surface area contributed by atoms with Gasteiger partial charge < -0.3 is 9.47 Å². The lowest BCUT2D eigenvalue weighted by molar-refractivity contribution is -0.465. The molecule has 0 aromatic heterocycles. The fraction of sp³-hybridized carbons (Fsp3) is 0.538. The molecule has 2 nitrogen and oxygen atoms in total. The first kappa shape index (κ1) is 10.7. The molecule has 0 aliphatic carbocycles. The maximum Gasteiger partial charge on any atom is 0.197 e. The summed E-state index contributed by atoms with van der Waals surface area (Å²) < 4.78 is 11.6. The van der Waals surface area contributed by atoms with Crippen molar-refractivity contribution in [1.29, 1.82) is 0 Å².